The summed E-state index contributed by atoms with van der Waals surface area (Å²) >= 11 is 0. The van der Waals surface area contributed by atoms with Crippen molar-refractivity contribution in [1.29, 1.82) is 0 Å². The zero-order chi connectivity index (χ0) is 0. The van der Waals surface area contributed by atoms with E-state index in [0.29, 0.717) is 0 Å². The summed E-state index contributed by atoms with van der Waals surface area (Å²) in [7, 11) is 0. The molecule has 0 saturated carbocycles. The molecular formula is Br5NaRu. The summed E-state index contributed by atoms with van der Waals surface area (Å²) in [6.07, 6.45) is 0. The molecule has 0 nitrogen and oxygen atoms in total. The van der Waals surface area contributed by atoms with Crippen molar-refractivity contribution >= 4 is 0 Å². The van der Waals surface area contributed by atoms with Crippen LogP contribution in [-0.2, 0) is 19.5 Å². The van der Waals surface area contributed by atoms with Gasteiger partial charge in [-0.05, 0) is 0 Å². The average Bonchev–Trinajstić information content (AvgIpc) is 0. The predicted molar refractivity (Wildman–Crippen MR) is 0 cm³/mol. The summed E-state index contributed by atoms with van der Waals surface area (Å²) in [5, 5.41) is 0. The Morgan fingerprint density at radius 3 is 0.429 bits per heavy atom. The molecule has 0 N–H and O–H groups in total. The van der Waals surface area contributed by atoms with E-state index in [1.165, 1.54) is 0 Å². The van der Waals surface area contributed by atoms with Crippen molar-refractivity contribution in [2.24, 2.45) is 0 Å². The minimum atomic E-state index is 0. The molecule has 0 bridgehead atoms. The second kappa shape index (κ2) is 50.4. The Bertz CT molecular complexity index is 8.04. The quantitative estimate of drug-likeness (QED) is 0.277. The number of hydrogen-bond acceptors (Lipinski definition) is 0. The largest absolute Gasteiger partial charge is 4.00 e. The van der Waals surface area contributed by atoms with Crippen molar-refractivity contribution in [2.45, 2.75) is 0 Å². The third kappa shape index (κ3) is 39.9. The minimum absolute atomic E-state index is 0. The van der Waals surface area contributed by atoms with E-state index in [0.717, 1.165) is 0 Å². The van der Waals surface area contributed by atoms with Crippen LogP contribution in [0, 0.1) is 0 Å². The first-order valence-electron chi connectivity index (χ1n) is 0. The molecule has 0 aromatic heterocycles. The van der Waals surface area contributed by atoms with Gasteiger partial charge in [-0.15, -0.1) is 0 Å². The van der Waals surface area contributed by atoms with Crippen LogP contribution in [0.3, 0.4) is 0 Å². The second-order valence-electron chi connectivity index (χ2n) is 0. The van der Waals surface area contributed by atoms with Crippen LogP contribution < -0.4 is 114 Å². The Kier molecular flexibility index (Phi) is 493. The van der Waals surface area contributed by atoms with Gasteiger partial charge in [-0.3, -0.25) is 0 Å². The van der Waals surface area contributed by atoms with Gasteiger partial charge in [-0.1, -0.05) is 0 Å². The summed E-state index contributed by atoms with van der Waals surface area (Å²) in [4.78, 5) is 0. The fourth-order valence-corrected chi connectivity index (χ4v) is 0. The molecule has 0 aliphatic rings. The molecule has 0 aromatic carbocycles. The van der Waals surface area contributed by atoms with E-state index < -0.39 is 0 Å². The molecule has 0 aliphatic carbocycles. The zero-order valence-electron chi connectivity index (χ0n) is 3.24. The van der Waals surface area contributed by atoms with Crippen LogP contribution in [-0.4, -0.2) is 0 Å². The van der Waals surface area contributed by atoms with Gasteiger partial charge in [0.15, 0.2) is 0 Å². The van der Waals surface area contributed by atoms with Gasteiger partial charge in [0.25, 0.3) is 0 Å². The third-order valence-electron chi connectivity index (χ3n) is 0. The van der Waals surface area contributed by atoms with E-state index >= 15 is 0 Å². The molecule has 44 valence electrons. The van der Waals surface area contributed by atoms with Gasteiger partial charge in [0, 0.05) is 0 Å². The average molecular weight is 524 g/mol. The summed E-state index contributed by atoms with van der Waals surface area (Å²) < 4.78 is 0. The van der Waals surface area contributed by atoms with Crippen molar-refractivity contribution in [3.05, 3.63) is 0 Å². The van der Waals surface area contributed by atoms with Crippen LogP contribution in [0.25, 0.3) is 0 Å². The maximum absolute atomic E-state index is 0. The summed E-state index contributed by atoms with van der Waals surface area (Å²) in [6.45, 7) is 0. The molecule has 0 amide bonds. The maximum Gasteiger partial charge on any atom is 4.00 e. The number of halogens is 5. The molecular weight excluding hydrogens is 524 g/mol. The Morgan fingerprint density at radius 2 is 0.429 bits per heavy atom. The Balaban J connectivity index is 0. The topological polar surface area (TPSA) is 0 Å². The van der Waals surface area contributed by atoms with Gasteiger partial charge in [0.1, 0.15) is 0 Å². The standard InChI is InChI=1S/5BrH.Na.Ru/h5*1H;;/q;;;;;+1;+4/p-5. The Labute approximate surface area is 131 Å². The van der Waals surface area contributed by atoms with Crippen LogP contribution in [0.15, 0.2) is 0 Å². The minimum Gasteiger partial charge on any atom is -1.00 e. The van der Waals surface area contributed by atoms with E-state index in [2.05, 4.69) is 0 Å². The van der Waals surface area contributed by atoms with Crippen molar-refractivity contribution in [3.63, 3.8) is 0 Å². The smallest absolute Gasteiger partial charge is 1.00 e. The van der Waals surface area contributed by atoms with E-state index in [-0.39, 0.29) is 134 Å². The Hall–Kier alpha value is 4.02. The first kappa shape index (κ1) is 68.4. The molecule has 0 saturated heterocycles. The van der Waals surface area contributed by atoms with Crippen LogP contribution in [0.4, 0.5) is 0 Å². The molecule has 0 rings (SSSR count). The van der Waals surface area contributed by atoms with Crippen molar-refractivity contribution in [2.75, 3.05) is 0 Å². The van der Waals surface area contributed by atoms with Gasteiger partial charge < -0.3 is 84.9 Å². The van der Waals surface area contributed by atoms with E-state index in [9.17, 15) is 0 Å². The molecule has 7 heteroatoms. The normalized spacial score (nSPS) is 0. The zero-order valence-corrected chi connectivity index (χ0v) is 14.9. The van der Waals surface area contributed by atoms with Gasteiger partial charge in [-0.2, -0.15) is 0 Å². The number of rotatable bonds is 0. The van der Waals surface area contributed by atoms with Gasteiger partial charge in [0.05, 0.1) is 0 Å². The summed E-state index contributed by atoms with van der Waals surface area (Å²) in [5.41, 5.74) is 0. The van der Waals surface area contributed by atoms with E-state index in [1.807, 2.05) is 0 Å². The van der Waals surface area contributed by atoms with Crippen LogP contribution in [0.1, 0.15) is 0 Å². The van der Waals surface area contributed by atoms with Crippen LogP contribution in [0.5, 0.6) is 0 Å². The predicted octanol–water partition coefficient (Wildman–Crippen LogP) is -18.0. The molecule has 0 aromatic rings. The molecule has 0 aliphatic heterocycles. The van der Waals surface area contributed by atoms with E-state index in [1.54, 1.807) is 0 Å². The first-order valence-corrected chi connectivity index (χ1v) is 0. The molecule has 0 atom stereocenters. The summed E-state index contributed by atoms with van der Waals surface area (Å²) in [5.74, 6) is 0. The molecule has 0 spiro atoms. The van der Waals surface area contributed by atoms with Gasteiger partial charge in [0.2, 0.25) is 0 Å². The molecule has 7 heavy (non-hydrogen) atoms. The second-order valence-corrected chi connectivity index (χ2v) is 0. The fraction of sp³-hybridized carbons (Fsp3) is 0. The SMILES string of the molecule is [Br-].[Br-].[Br-].[Br-].[Br-].[Na+].[Ru+4]. The van der Waals surface area contributed by atoms with Gasteiger partial charge in [-0.25, -0.2) is 0 Å². The van der Waals surface area contributed by atoms with Crippen molar-refractivity contribution in [3.8, 4) is 0 Å². The molecule has 0 heterocycles. The van der Waals surface area contributed by atoms with Crippen LogP contribution >= 0.6 is 0 Å². The monoisotopic (exact) mass is 519 g/mol. The molecule has 0 fully saturated rings. The summed E-state index contributed by atoms with van der Waals surface area (Å²) in [6, 6.07) is 0. The maximum atomic E-state index is 0. The first-order chi connectivity index (χ1) is 0. The molecule has 0 unspecified atom stereocenters. The van der Waals surface area contributed by atoms with Gasteiger partial charge >= 0.3 is 49.0 Å². The Morgan fingerprint density at radius 1 is 0.429 bits per heavy atom. The van der Waals surface area contributed by atoms with Crippen molar-refractivity contribution in [1.82, 2.24) is 0 Å². The van der Waals surface area contributed by atoms with Crippen molar-refractivity contribution < 1.29 is 134 Å². The number of hydrogen-bond donors (Lipinski definition) is 0. The van der Waals surface area contributed by atoms with Crippen LogP contribution in [0.2, 0.25) is 0 Å². The molecule has 0 radical (unpaired) electrons. The third-order valence-corrected chi connectivity index (χ3v) is 0. The fourth-order valence-electron chi connectivity index (χ4n) is 0. The van der Waals surface area contributed by atoms with E-state index in [4.69, 9.17) is 0 Å².